The van der Waals surface area contributed by atoms with Crippen LogP contribution in [0.1, 0.15) is 18.0 Å². The standard InChI is InChI=1S/C17H20F2N2/c18-17(19)12-16(21-9-7-20-8-10-21)15-6-5-13-3-1-2-4-14(13)11-15/h1-6,11,16-17,20H,7-10,12H2/t16-/m1/s1. The second kappa shape index (κ2) is 6.50. The van der Waals surface area contributed by atoms with Crippen LogP contribution < -0.4 is 5.32 Å². The fourth-order valence-corrected chi connectivity index (χ4v) is 3.07. The smallest absolute Gasteiger partial charge is 0.240 e. The molecule has 0 saturated carbocycles. The van der Waals surface area contributed by atoms with Crippen LogP contribution in [-0.4, -0.2) is 37.5 Å². The third-order valence-corrected chi connectivity index (χ3v) is 4.15. The number of nitrogens with one attached hydrogen (secondary N) is 1. The van der Waals surface area contributed by atoms with E-state index >= 15 is 0 Å². The van der Waals surface area contributed by atoms with E-state index in [1.807, 2.05) is 36.4 Å². The molecule has 21 heavy (non-hydrogen) atoms. The van der Waals surface area contributed by atoms with E-state index < -0.39 is 6.43 Å². The molecule has 2 aromatic carbocycles. The van der Waals surface area contributed by atoms with Crippen molar-refractivity contribution in [3.8, 4) is 0 Å². The first-order valence-electron chi connectivity index (χ1n) is 7.45. The molecule has 0 aliphatic carbocycles. The predicted octanol–water partition coefficient (Wildman–Crippen LogP) is 3.44. The molecule has 0 amide bonds. The second-order valence-corrected chi connectivity index (χ2v) is 5.54. The lowest BCUT2D eigenvalue weighted by Crippen LogP contribution is -2.45. The summed E-state index contributed by atoms with van der Waals surface area (Å²) < 4.78 is 26.0. The summed E-state index contributed by atoms with van der Waals surface area (Å²) in [6.45, 7) is 3.38. The second-order valence-electron chi connectivity index (χ2n) is 5.54. The Bertz CT molecular complexity index is 594. The lowest BCUT2D eigenvalue weighted by Gasteiger charge is -2.35. The number of hydrogen-bond donors (Lipinski definition) is 1. The molecule has 4 heteroatoms. The lowest BCUT2D eigenvalue weighted by molar-refractivity contribution is 0.0740. The zero-order chi connectivity index (χ0) is 14.7. The Labute approximate surface area is 123 Å². The average Bonchev–Trinajstić information content (AvgIpc) is 2.53. The van der Waals surface area contributed by atoms with Crippen molar-refractivity contribution in [2.75, 3.05) is 26.2 Å². The molecule has 112 valence electrons. The van der Waals surface area contributed by atoms with Gasteiger partial charge in [0.1, 0.15) is 0 Å². The van der Waals surface area contributed by atoms with Gasteiger partial charge in [-0.15, -0.1) is 0 Å². The van der Waals surface area contributed by atoms with Gasteiger partial charge in [0.2, 0.25) is 6.43 Å². The Hall–Kier alpha value is -1.52. The Balaban J connectivity index is 1.92. The van der Waals surface area contributed by atoms with Crippen molar-refractivity contribution < 1.29 is 8.78 Å². The van der Waals surface area contributed by atoms with E-state index in [0.717, 1.165) is 42.5 Å². The fourth-order valence-electron chi connectivity index (χ4n) is 3.07. The van der Waals surface area contributed by atoms with Gasteiger partial charge in [-0.1, -0.05) is 36.4 Å². The molecule has 1 fully saturated rings. The third-order valence-electron chi connectivity index (χ3n) is 4.15. The van der Waals surface area contributed by atoms with Gasteiger partial charge in [0, 0.05) is 38.6 Å². The van der Waals surface area contributed by atoms with Crippen LogP contribution >= 0.6 is 0 Å². The molecule has 2 nitrogen and oxygen atoms in total. The summed E-state index contributed by atoms with van der Waals surface area (Å²) in [5.74, 6) is 0. The summed E-state index contributed by atoms with van der Waals surface area (Å²) >= 11 is 0. The van der Waals surface area contributed by atoms with E-state index in [2.05, 4.69) is 16.3 Å². The molecule has 0 aromatic heterocycles. The number of hydrogen-bond acceptors (Lipinski definition) is 2. The van der Waals surface area contributed by atoms with E-state index in [4.69, 9.17) is 0 Å². The highest BCUT2D eigenvalue weighted by Crippen LogP contribution is 2.29. The third kappa shape index (κ3) is 3.39. The molecule has 0 bridgehead atoms. The van der Waals surface area contributed by atoms with Gasteiger partial charge in [0.25, 0.3) is 0 Å². The highest BCUT2D eigenvalue weighted by molar-refractivity contribution is 5.83. The summed E-state index contributed by atoms with van der Waals surface area (Å²) in [4.78, 5) is 2.17. The molecule has 2 aromatic rings. The number of benzene rings is 2. The van der Waals surface area contributed by atoms with E-state index in [0.29, 0.717) is 0 Å². The first-order valence-corrected chi connectivity index (χ1v) is 7.45. The van der Waals surface area contributed by atoms with E-state index in [9.17, 15) is 8.78 Å². The van der Waals surface area contributed by atoms with Gasteiger partial charge >= 0.3 is 0 Å². The number of fused-ring (bicyclic) bond motifs is 1. The van der Waals surface area contributed by atoms with Crippen molar-refractivity contribution in [1.82, 2.24) is 10.2 Å². The van der Waals surface area contributed by atoms with Gasteiger partial charge < -0.3 is 5.32 Å². The van der Waals surface area contributed by atoms with Crippen LogP contribution in [0.3, 0.4) is 0 Å². The summed E-state index contributed by atoms with van der Waals surface area (Å²) in [5.41, 5.74) is 0.996. The molecule has 0 unspecified atom stereocenters. The van der Waals surface area contributed by atoms with Gasteiger partial charge in [-0.25, -0.2) is 8.78 Å². The molecular weight excluding hydrogens is 270 g/mol. The van der Waals surface area contributed by atoms with Crippen molar-refractivity contribution in [1.29, 1.82) is 0 Å². The zero-order valence-corrected chi connectivity index (χ0v) is 11.9. The first kappa shape index (κ1) is 14.4. The molecule has 1 aliphatic rings. The van der Waals surface area contributed by atoms with Crippen LogP contribution in [-0.2, 0) is 0 Å². The van der Waals surface area contributed by atoms with Crippen LogP contribution in [0.15, 0.2) is 42.5 Å². The van der Waals surface area contributed by atoms with Gasteiger partial charge in [-0.05, 0) is 22.4 Å². The van der Waals surface area contributed by atoms with Crippen molar-refractivity contribution in [2.24, 2.45) is 0 Å². The Kier molecular flexibility index (Phi) is 4.46. The van der Waals surface area contributed by atoms with Crippen LogP contribution in [0.4, 0.5) is 8.78 Å². The van der Waals surface area contributed by atoms with Gasteiger partial charge in [0.15, 0.2) is 0 Å². The Morgan fingerprint density at radius 1 is 1.00 bits per heavy atom. The number of piperazine rings is 1. The summed E-state index contributed by atoms with van der Waals surface area (Å²) in [6, 6.07) is 14.0. The minimum atomic E-state index is -2.28. The summed E-state index contributed by atoms with van der Waals surface area (Å²) in [5, 5.41) is 5.54. The van der Waals surface area contributed by atoms with Crippen molar-refractivity contribution in [3.05, 3.63) is 48.0 Å². The molecule has 1 aliphatic heterocycles. The predicted molar refractivity (Wildman–Crippen MR) is 81.8 cm³/mol. The van der Waals surface area contributed by atoms with Crippen LogP contribution in [0.5, 0.6) is 0 Å². The molecule has 0 spiro atoms. The minimum Gasteiger partial charge on any atom is -0.314 e. The summed E-state index contributed by atoms with van der Waals surface area (Å²) in [7, 11) is 0. The number of rotatable bonds is 4. The topological polar surface area (TPSA) is 15.3 Å². The van der Waals surface area contributed by atoms with Crippen molar-refractivity contribution in [3.63, 3.8) is 0 Å². The highest BCUT2D eigenvalue weighted by Gasteiger charge is 2.25. The largest absolute Gasteiger partial charge is 0.314 e. The van der Waals surface area contributed by atoms with Crippen LogP contribution in [0.25, 0.3) is 10.8 Å². The van der Waals surface area contributed by atoms with E-state index in [-0.39, 0.29) is 12.5 Å². The summed E-state index contributed by atoms with van der Waals surface area (Å²) in [6.07, 6.45) is -2.38. The molecular formula is C17H20F2N2. The zero-order valence-electron chi connectivity index (χ0n) is 11.9. The molecule has 3 rings (SSSR count). The maximum Gasteiger partial charge on any atom is 0.240 e. The van der Waals surface area contributed by atoms with Crippen LogP contribution in [0, 0.1) is 0 Å². The Morgan fingerprint density at radius 2 is 1.71 bits per heavy atom. The highest BCUT2D eigenvalue weighted by atomic mass is 19.3. The van der Waals surface area contributed by atoms with E-state index in [1.54, 1.807) is 0 Å². The van der Waals surface area contributed by atoms with Gasteiger partial charge in [-0.3, -0.25) is 4.90 Å². The molecule has 1 saturated heterocycles. The van der Waals surface area contributed by atoms with Crippen LogP contribution in [0.2, 0.25) is 0 Å². The molecule has 1 atom stereocenters. The maximum atomic E-state index is 13.0. The first-order chi connectivity index (χ1) is 10.2. The SMILES string of the molecule is FC(F)C[C@H](c1ccc2ccccc2c1)N1CCNCC1. The normalized spacial score (nSPS) is 18.2. The molecule has 0 radical (unpaired) electrons. The van der Waals surface area contributed by atoms with Gasteiger partial charge in [0.05, 0.1) is 0 Å². The molecule has 1 N–H and O–H groups in total. The monoisotopic (exact) mass is 290 g/mol. The fraction of sp³-hybridized carbons (Fsp3) is 0.412. The lowest BCUT2D eigenvalue weighted by atomic mass is 9.98. The number of nitrogens with zero attached hydrogens (tertiary/aromatic N) is 1. The Morgan fingerprint density at radius 3 is 2.43 bits per heavy atom. The number of alkyl halides is 2. The average molecular weight is 290 g/mol. The quantitative estimate of drug-likeness (QED) is 0.928. The minimum absolute atomic E-state index is 0.0989. The number of halogens is 2. The van der Waals surface area contributed by atoms with Gasteiger partial charge in [-0.2, -0.15) is 0 Å². The van der Waals surface area contributed by atoms with Crippen molar-refractivity contribution in [2.45, 2.75) is 18.9 Å². The van der Waals surface area contributed by atoms with Crippen molar-refractivity contribution >= 4 is 10.8 Å². The molecule has 1 heterocycles. The van der Waals surface area contributed by atoms with E-state index in [1.165, 1.54) is 0 Å². The maximum absolute atomic E-state index is 13.0.